The zero-order chi connectivity index (χ0) is 15.6. The molecule has 0 aliphatic carbocycles. The van der Waals surface area contributed by atoms with Crippen molar-refractivity contribution in [3.05, 3.63) is 34.8 Å². The fourth-order valence-corrected chi connectivity index (χ4v) is 2.71. The molecule has 0 spiro atoms. The summed E-state index contributed by atoms with van der Waals surface area (Å²) in [5.41, 5.74) is 1.85. The molecule has 1 heterocycles. The van der Waals surface area contributed by atoms with E-state index >= 15 is 0 Å². The molecule has 5 nitrogen and oxygen atoms in total. The van der Waals surface area contributed by atoms with Crippen LogP contribution in [0.1, 0.15) is 29.2 Å². The Morgan fingerprint density at radius 3 is 2.52 bits per heavy atom. The minimum absolute atomic E-state index is 0.0887. The second-order valence-corrected chi connectivity index (χ2v) is 5.93. The maximum atomic E-state index is 11.9. The van der Waals surface area contributed by atoms with Gasteiger partial charge in [0.1, 0.15) is 9.88 Å². The van der Waals surface area contributed by atoms with Crippen molar-refractivity contribution in [1.82, 2.24) is 4.98 Å². The third kappa shape index (κ3) is 3.28. The zero-order valence-corrected chi connectivity index (χ0v) is 12.8. The number of nitrogens with one attached hydrogen (secondary N) is 1. The number of carboxylic acid groups (broad SMARTS) is 1. The number of thiazole rings is 1. The second kappa shape index (κ2) is 6.05. The lowest BCUT2D eigenvalue weighted by molar-refractivity contribution is -0.118. The van der Waals surface area contributed by atoms with Crippen molar-refractivity contribution >= 4 is 28.9 Å². The summed E-state index contributed by atoms with van der Waals surface area (Å²) in [6.45, 7) is 5.29. The molecule has 0 fully saturated rings. The second-order valence-electron chi connectivity index (χ2n) is 4.93. The summed E-state index contributed by atoms with van der Waals surface area (Å²) in [5.74, 6) is -1.21. The molecule has 2 rings (SSSR count). The maximum Gasteiger partial charge on any atom is 0.347 e. The van der Waals surface area contributed by atoms with E-state index in [1.54, 1.807) is 13.0 Å². The van der Waals surface area contributed by atoms with Crippen molar-refractivity contribution in [2.75, 3.05) is 5.32 Å². The number of para-hydroxylation sites is 1. The van der Waals surface area contributed by atoms with Crippen LogP contribution in [-0.2, 0) is 4.79 Å². The van der Waals surface area contributed by atoms with Crippen LogP contribution in [0.2, 0.25) is 0 Å². The van der Waals surface area contributed by atoms with Crippen LogP contribution in [0.15, 0.2) is 24.3 Å². The third-order valence-electron chi connectivity index (χ3n) is 2.93. The Hall–Kier alpha value is -2.21. The van der Waals surface area contributed by atoms with Gasteiger partial charge in [-0.05, 0) is 19.1 Å². The highest BCUT2D eigenvalue weighted by Crippen LogP contribution is 2.33. The van der Waals surface area contributed by atoms with Gasteiger partial charge in [0.15, 0.2) is 0 Å². The van der Waals surface area contributed by atoms with Gasteiger partial charge in [-0.25, -0.2) is 9.78 Å². The van der Waals surface area contributed by atoms with E-state index in [2.05, 4.69) is 10.3 Å². The molecule has 0 aliphatic heterocycles. The molecule has 2 N–H and O–H groups in total. The smallest absolute Gasteiger partial charge is 0.347 e. The molecule has 0 aliphatic rings. The largest absolute Gasteiger partial charge is 0.477 e. The first-order chi connectivity index (χ1) is 9.90. The number of hydrogen-bond donors (Lipinski definition) is 2. The zero-order valence-electron chi connectivity index (χ0n) is 12.0. The summed E-state index contributed by atoms with van der Waals surface area (Å²) in [5, 5.41) is 12.5. The van der Waals surface area contributed by atoms with Crippen LogP contribution >= 0.6 is 11.3 Å². The molecule has 0 bridgehead atoms. The average molecular weight is 304 g/mol. The molecule has 21 heavy (non-hydrogen) atoms. The van der Waals surface area contributed by atoms with Crippen molar-refractivity contribution < 1.29 is 14.7 Å². The van der Waals surface area contributed by atoms with Gasteiger partial charge in [0, 0.05) is 11.5 Å². The van der Waals surface area contributed by atoms with Gasteiger partial charge in [-0.2, -0.15) is 0 Å². The molecule has 1 aromatic heterocycles. The molecule has 6 heteroatoms. The average Bonchev–Trinajstić information content (AvgIpc) is 2.81. The van der Waals surface area contributed by atoms with Crippen LogP contribution in [0.5, 0.6) is 0 Å². The molecular formula is C15H16N2O3S. The molecule has 0 atom stereocenters. The molecule has 1 aromatic carbocycles. The van der Waals surface area contributed by atoms with Gasteiger partial charge >= 0.3 is 5.97 Å². The highest BCUT2D eigenvalue weighted by atomic mass is 32.1. The Bertz CT molecular complexity index is 692. The van der Waals surface area contributed by atoms with Gasteiger partial charge in [-0.1, -0.05) is 26.0 Å². The van der Waals surface area contributed by atoms with E-state index in [9.17, 15) is 9.59 Å². The Balaban J connectivity index is 2.43. The van der Waals surface area contributed by atoms with E-state index < -0.39 is 5.97 Å². The number of amides is 1. The summed E-state index contributed by atoms with van der Waals surface area (Å²) in [6, 6.07) is 7.25. The molecule has 0 saturated carbocycles. The van der Waals surface area contributed by atoms with E-state index in [-0.39, 0.29) is 16.7 Å². The maximum absolute atomic E-state index is 11.9. The first-order valence-corrected chi connectivity index (χ1v) is 7.32. The number of carbonyl (C=O) groups is 2. The standard InChI is InChI=1S/C15H16N2O3S/c1-8(2)13(18)17-11-7-5-4-6-10(11)14-16-9(3)12(21-14)15(19)20/h4-8H,1-3H3,(H,17,18)(H,19,20). The molecular weight excluding hydrogens is 288 g/mol. The van der Waals surface area contributed by atoms with Crippen molar-refractivity contribution in [3.63, 3.8) is 0 Å². The number of carbonyl (C=O) groups excluding carboxylic acids is 1. The highest BCUT2D eigenvalue weighted by Gasteiger charge is 2.18. The Labute approximate surface area is 126 Å². The predicted molar refractivity (Wildman–Crippen MR) is 82.7 cm³/mol. The number of aromatic carboxylic acids is 1. The fraction of sp³-hybridized carbons (Fsp3) is 0.267. The summed E-state index contributed by atoms with van der Waals surface area (Å²) < 4.78 is 0. The number of aromatic nitrogens is 1. The lowest BCUT2D eigenvalue weighted by atomic mass is 10.1. The van der Waals surface area contributed by atoms with Crippen molar-refractivity contribution in [3.8, 4) is 10.6 Å². The summed E-state index contributed by atoms with van der Waals surface area (Å²) in [7, 11) is 0. The fourth-order valence-electron chi connectivity index (χ4n) is 1.77. The molecule has 2 aromatic rings. The van der Waals surface area contributed by atoms with Crippen LogP contribution in [0.3, 0.4) is 0 Å². The van der Waals surface area contributed by atoms with Gasteiger partial charge in [-0.3, -0.25) is 4.79 Å². The number of anilines is 1. The van der Waals surface area contributed by atoms with Crippen molar-refractivity contribution in [2.45, 2.75) is 20.8 Å². The van der Waals surface area contributed by atoms with Crippen LogP contribution in [0.4, 0.5) is 5.69 Å². The van der Waals surface area contributed by atoms with Crippen molar-refractivity contribution in [1.29, 1.82) is 0 Å². The Kier molecular flexibility index (Phi) is 4.37. The molecule has 0 unspecified atom stereocenters. The van der Waals surface area contributed by atoms with Gasteiger partial charge in [0.2, 0.25) is 5.91 Å². The molecule has 1 amide bonds. The number of aryl methyl sites for hydroxylation is 1. The van der Waals surface area contributed by atoms with Crippen LogP contribution < -0.4 is 5.32 Å². The SMILES string of the molecule is Cc1nc(-c2ccccc2NC(=O)C(C)C)sc1C(=O)O. The quantitative estimate of drug-likeness (QED) is 0.907. The Morgan fingerprint density at radius 2 is 1.95 bits per heavy atom. The van der Waals surface area contributed by atoms with Crippen LogP contribution in [0.25, 0.3) is 10.6 Å². The summed E-state index contributed by atoms with van der Waals surface area (Å²) >= 11 is 1.11. The highest BCUT2D eigenvalue weighted by molar-refractivity contribution is 7.17. The van der Waals surface area contributed by atoms with E-state index in [0.29, 0.717) is 16.4 Å². The van der Waals surface area contributed by atoms with E-state index in [1.807, 2.05) is 32.0 Å². The summed E-state index contributed by atoms with van der Waals surface area (Å²) in [4.78, 5) is 27.5. The number of nitrogens with zero attached hydrogens (tertiary/aromatic N) is 1. The number of hydrogen-bond acceptors (Lipinski definition) is 4. The van der Waals surface area contributed by atoms with E-state index in [1.165, 1.54) is 0 Å². The van der Waals surface area contributed by atoms with Crippen LogP contribution in [0, 0.1) is 12.8 Å². The van der Waals surface area contributed by atoms with Gasteiger partial charge in [0.25, 0.3) is 0 Å². The van der Waals surface area contributed by atoms with E-state index in [0.717, 1.165) is 16.9 Å². The molecule has 0 saturated heterocycles. The summed E-state index contributed by atoms with van der Waals surface area (Å²) in [6.07, 6.45) is 0. The third-order valence-corrected chi connectivity index (χ3v) is 4.11. The minimum Gasteiger partial charge on any atom is -0.477 e. The lowest BCUT2D eigenvalue weighted by Crippen LogP contribution is -2.18. The van der Waals surface area contributed by atoms with E-state index in [4.69, 9.17) is 5.11 Å². The topological polar surface area (TPSA) is 79.3 Å². The number of benzene rings is 1. The van der Waals surface area contributed by atoms with Gasteiger partial charge in [-0.15, -0.1) is 11.3 Å². The predicted octanol–water partition coefficient (Wildman–Crippen LogP) is 3.41. The number of carboxylic acids is 1. The molecule has 110 valence electrons. The van der Waals surface area contributed by atoms with Crippen molar-refractivity contribution in [2.24, 2.45) is 5.92 Å². The first-order valence-electron chi connectivity index (χ1n) is 6.51. The van der Waals surface area contributed by atoms with Gasteiger partial charge < -0.3 is 10.4 Å². The minimum atomic E-state index is -0.986. The molecule has 0 radical (unpaired) electrons. The van der Waals surface area contributed by atoms with Gasteiger partial charge in [0.05, 0.1) is 11.4 Å². The Morgan fingerprint density at radius 1 is 1.29 bits per heavy atom. The first kappa shape index (κ1) is 15.2. The monoisotopic (exact) mass is 304 g/mol. The normalized spacial score (nSPS) is 10.7. The lowest BCUT2D eigenvalue weighted by Gasteiger charge is -2.10. The number of rotatable bonds is 4. The van der Waals surface area contributed by atoms with Crippen LogP contribution in [-0.4, -0.2) is 22.0 Å².